The summed E-state index contributed by atoms with van der Waals surface area (Å²) in [6.45, 7) is 0. The largest absolute Gasteiger partial charge is 1.00 e. The maximum atomic E-state index is 10.3. The third kappa shape index (κ3) is 0.816. The molecule has 1 radical (unpaired) electrons. The minimum atomic E-state index is 0. The van der Waals surface area contributed by atoms with Crippen LogP contribution in [0.25, 0.3) is 11.0 Å². The molecular formula is C8H6N2O+. The molecule has 0 bridgehead atoms. The number of fused-ring (bicyclic) bond motifs is 1. The van der Waals surface area contributed by atoms with E-state index < -0.39 is 0 Å². The number of nitrogens with one attached hydrogen (secondary N) is 1. The van der Waals surface area contributed by atoms with Gasteiger partial charge >= 0.3 is 1.43 Å². The lowest BCUT2D eigenvalue weighted by atomic mass is 10.2. The van der Waals surface area contributed by atoms with Crippen molar-refractivity contribution >= 4 is 17.3 Å². The zero-order valence-corrected chi connectivity index (χ0v) is 5.66. The van der Waals surface area contributed by atoms with Crippen molar-refractivity contribution in [2.75, 3.05) is 0 Å². The van der Waals surface area contributed by atoms with E-state index in [1.165, 1.54) is 0 Å². The van der Waals surface area contributed by atoms with Crippen molar-refractivity contribution in [2.24, 2.45) is 0 Å². The molecule has 0 amide bonds. The molecule has 3 nitrogen and oxygen atoms in total. The molecule has 0 aliphatic carbocycles. The Balaban J connectivity index is 0.000000720. The second-order valence-electron chi connectivity index (χ2n) is 2.21. The summed E-state index contributed by atoms with van der Waals surface area (Å²) in [6.07, 6.45) is 3.38. The molecule has 0 fully saturated rings. The maximum absolute atomic E-state index is 10.3. The summed E-state index contributed by atoms with van der Waals surface area (Å²) in [7, 11) is 0. The van der Waals surface area contributed by atoms with Crippen LogP contribution < -0.4 is 0 Å². The molecule has 0 saturated carbocycles. The van der Waals surface area contributed by atoms with Crippen LogP contribution >= 0.6 is 0 Å². The van der Waals surface area contributed by atoms with Gasteiger partial charge in [-0.15, -0.1) is 0 Å². The van der Waals surface area contributed by atoms with Crippen LogP contribution in [0.4, 0.5) is 0 Å². The molecule has 2 rings (SSSR count). The third-order valence-electron chi connectivity index (χ3n) is 1.56. The Morgan fingerprint density at radius 2 is 2.45 bits per heavy atom. The van der Waals surface area contributed by atoms with Gasteiger partial charge in [0.1, 0.15) is 0 Å². The standard InChI is InChI=1S/C8H5N2O/c11-4-6-2-1-3-7-8(6)10-5-9-7/h1-3,5H,(H,9,10)/p+1. The highest BCUT2D eigenvalue weighted by atomic mass is 16.1. The minimum absolute atomic E-state index is 0. The summed E-state index contributed by atoms with van der Waals surface area (Å²) in [4.78, 5) is 17.2. The topological polar surface area (TPSA) is 45.8 Å². The number of aromatic amines is 1. The molecule has 1 N–H and O–H groups in total. The van der Waals surface area contributed by atoms with Gasteiger partial charge in [0.2, 0.25) is 6.29 Å². The lowest BCUT2D eigenvalue weighted by Crippen LogP contribution is -1.81. The Hall–Kier alpha value is -1.64. The highest BCUT2D eigenvalue weighted by Crippen LogP contribution is 2.11. The number of nitrogens with zero attached hydrogens (tertiary/aromatic N) is 1. The van der Waals surface area contributed by atoms with Gasteiger partial charge < -0.3 is 4.98 Å². The van der Waals surface area contributed by atoms with Gasteiger partial charge in [-0.05, 0) is 12.1 Å². The average molecular weight is 146 g/mol. The van der Waals surface area contributed by atoms with Crippen molar-refractivity contribution in [3.63, 3.8) is 0 Å². The molecule has 2 aromatic rings. The molecule has 53 valence electrons. The highest BCUT2D eigenvalue weighted by molar-refractivity contribution is 5.94. The Morgan fingerprint density at radius 3 is 3.27 bits per heavy atom. The summed E-state index contributed by atoms with van der Waals surface area (Å²) in [6, 6.07) is 5.35. The molecule has 0 saturated heterocycles. The SMILES string of the molecule is O=[C]c1cccc2[nH]cnc12.[H+]. The van der Waals surface area contributed by atoms with Gasteiger partial charge in [-0.2, -0.15) is 0 Å². The molecular weight excluding hydrogens is 140 g/mol. The first-order valence-corrected chi connectivity index (χ1v) is 3.22. The van der Waals surface area contributed by atoms with Crippen molar-refractivity contribution in [3.05, 3.63) is 30.1 Å². The van der Waals surface area contributed by atoms with Crippen LogP contribution in [0.15, 0.2) is 24.5 Å². The number of H-pyrrole nitrogens is 1. The number of carbonyl (C=O) groups excluding carboxylic acids is 1. The van der Waals surface area contributed by atoms with E-state index in [-0.39, 0.29) is 1.43 Å². The third-order valence-corrected chi connectivity index (χ3v) is 1.56. The molecule has 0 atom stereocenters. The van der Waals surface area contributed by atoms with Crippen LogP contribution in [0, 0.1) is 0 Å². The van der Waals surface area contributed by atoms with E-state index in [0.29, 0.717) is 11.1 Å². The first kappa shape index (κ1) is 6.09. The summed E-state index contributed by atoms with van der Waals surface area (Å²) in [5.74, 6) is 0. The predicted molar refractivity (Wildman–Crippen MR) is 42.0 cm³/mol. The molecule has 1 aromatic heterocycles. The van der Waals surface area contributed by atoms with Crippen molar-refractivity contribution in [3.8, 4) is 0 Å². The molecule has 0 aliphatic rings. The van der Waals surface area contributed by atoms with Crippen LogP contribution in [0.2, 0.25) is 0 Å². The van der Waals surface area contributed by atoms with Crippen LogP contribution in [-0.2, 0) is 4.79 Å². The Morgan fingerprint density at radius 1 is 1.55 bits per heavy atom. The molecule has 0 unspecified atom stereocenters. The van der Waals surface area contributed by atoms with E-state index in [9.17, 15) is 4.79 Å². The second kappa shape index (κ2) is 2.20. The van der Waals surface area contributed by atoms with E-state index in [2.05, 4.69) is 9.97 Å². The summed E-state index contributed by atoms with van der Waals surface area (Å²) < 4.78 is 0. The molecule has 0 spiro atoms. The fourth-order valence-electron chi connectivity index (χ4n) is 1.05. The number of benzene rings is 1. The van der Waals surface area contributed by atoms with E-state index in [4.69, 9.17) is 0 Å². The number of hydrogen-bond acceptors (Lipinski definition) is 2. The van der Waals surface area contributed by atoms with Crippen LogP contribution in [-0.4, -0.2) is 16.3 Å². The van der Waals surface area contributed by atoms with Gasteiger partial charge in [-0.3, -0.25) is 4.79 Å². The lowest BCUT2D eigenvalue weighted by molar-refractivity contribution is 0.563. The van der Waals surface area contributed by atoms with Crippen LogP contribution in [0.3, 0.4) is 0 Å². The number of aromatic nitrogens is 2. The quantitative estimate of drug-likeness (QED) is 0.655. The van der Waals surface area contributed by atoms with Crippen molar-refractivity contribution in [2.45, 2.75) is 0 Å². The Kier molecular flexibility index (Phi) is 1.22. The summed E-state index contributed by atoms with van der Waals surface area (Å²) in [5.41, 5.74) is 2.05. The van der Waals surface area contributed by atoms with E-state index in [0.717, 1.165) is 5.52 Å². The van der Waals surface area contributed by atoms with E-state index in [1.54, 1.807) is 18.5 Å². The van der Waals surface area contributed by atoms with Gasteiger partial charge in [0.25, 0.3) is 0 Å². The van der Waals surface area contributed by atoms with Gasteiger partial charge in [0.05, 0.1) is 22.9 Å². The molecule has 0 aliphatic heterocycles. The first-order chi connectivity index (χ1) is 5.42. The number of imidazole rings is 1. The predicted octanol–water partition coefficient (Wildman–Crippen LogP) is 1.13. The fourth-order valence-corrected chi connectivity index (χ4v) is 1.05. The maximum Gasteiger partial charge on any atom is 1.00 e. The minimum Gasteiger partial charge on any atom is -0.345 e. The average Bonchev–Trinajstić information content (AvgIpc) is 2.50. The fraction of sp³-hybridized carbons (Fsp3) is 0. The Bertz CT molecular complexity index is 397. The molecule has 1 heterocycles. The molecule has 1 aromatic carbocycles. The zero-order valence-electron chi connectivity index (χ0n) is 6.66. The van der Waals surface area contributed by atoms with Crippen molar-refractivity contribution < 1.29 is 6.22 Å². The van der Waals surface area contributed by atoms with E-state index in [1.807, 2.05) is 12.4 Å². The molecule has 3 heteroatoms. The van der Waals surface area contributed by atoms with Crippen LogP contribution in [0.5, 0.6) is 0 Å². The summed E-state index contributed by atoms with van der Waals surface area (Å²) in [5, 5.41) is 0. The van der Waals surface area contributed by atoms with Crippen LogP contribution in [0.1, 0.15) is 6.99 Å². The molecule has 11 heavy (non-hydrogen) atoms. The lowest BCUT2D eigenvalue weighted by Gasteiger charge is -1.88. The van der Waals surface area contributed by atoms with E-state index >= 15 is 0 Å². The zero-order chi connectivity index (χ0) is 7.68. The van der Waals surface area contributed by atoms with Gasteiger partial charge in [0.15, 0.2) is 0 Å². The van der Waals surface area contributed by atoms with Crippen molar-refractivity contribution in [1.29, 1.82) is 0 Å². The first-order valence-electron chi connectivity index (χ1n) is 3.22. The van der Waals surface area contributed by atoms with Crippen molar-refractivity contribution in [1.82, 2.24) is 9.97 Å². The number of rotatable bonds is 1. The monoisotopic (exact) mass is 146 g/mol. The smallest absolute Gasteiger partial charge is 0.345 e. The van der Waals surface area contributed by atoms with Gasteiger partial charge in [-0.25, -0.2) is 4.98 Å². The number of para-hydroxylation sites is 1. The van der Waals surface area contributed by atoms with Gasteiger partial charge in [-0.1, -0.05) is 6.07 Å². The van der Waals surface area contributed by atoms with Gasteiger partial charge in [0, 0.05) is 0 Å². The Labute approximate surface area is 64.6 Å². The highest BCUT2D eigenvalue weighted by Gasteiger charge is 2.00. The second-order valence-corrected chi connectivity index (χ2v) is 2.21. The normalized spacial score (nSPS) is 10.2. The summed E-state index contributed by atoms with van der Waals surface area (Å²) >= 11 is 0. The number of hydrogen-bond donors (Lipinski definition) is 1.